The van der Waals surface area contributed by atoms with Crippen molar-refractivity contribution < 1.29 is 28.7 Å². The lowest BCUT2D eigenvalue weighted by atomic mass is 9.94. The number of nitrogens with one attached hydrogen (secondary N) is 1. The lowest BCUT2D eigenvalue weighted by molar-refractivity contribution is -0.136. The van der Waals surface area contributed by atoms with Crippen molar-refractivity contribution in [2.75, 3.05) is 0 Å². The number of ether oxygens (including phenoxy) is 1. The van der Waals surface area contributed by atoms with Gasteiger partial charge in [-0.05, 0) is 44.7 Å². The van der Waals surface area contributed by atoms with Gasteiger partial charge >= 0.3 is 6.09 Å². The summed E-state index contributed by atoms with van der Waals surface area (Å²) in [4.78, 5) is 61.2. The molecule has 1 aromatic rings. The molecule has 148 valence electrons. The molecule has 1 atom stereocenters. The van der Waals surface area contributed by atoms with Crippen molar-refractivity contribution in [2.45, 2.75) is 51.2 Å². The summed E-state index contributed by atoms with van der Waals surface area (Å²) in [5.41, 5.74) is 5.31. The maximum Gasteiger partial charge on any atom is 0.405 e. The summed E-state index contributed by atoms with van der Waals surface area (Å²) >= 11 is 0. The Labute approximate surface area is 161 Å². The van der Waals surface area contributed by atoms with E-state index in [1.807, 2.05) is 0 Å². The summed E-state index contributed by atoms with van der Waals surface area (Å²) in [6, 6.07) is 3.91. The van der Waals surface area contributed by atoms with Gasteiger partial charge in [-0.25, -0.2) is 4.79 Å². The third kappa shape index (κ3) is 3.60. The smallest absolute Gasteiger partial charge is 0.405 e. The van der Waals surface area contributed by atoms with E-state index in [1.54, 1.807) is 26.0 Å². The molecule has 0 bridgehead atoms. The normalized spacial score (nSPS) is 19.5. The highest BCUT2D eigenvalue weighted by Crippen LogP contribution is 2.31. The number of nitrogens with two attached hydrogens (primary N) is 1. The molecule has 2 aliphatic heterocycles. The first kappa shape index (κ1) is 19.5. The molecule has 0 aliphatic carbocycles. The molecule has 2 aliphatic rings. The van der Waals surface area contributed by atoms with E-state index in [0.717, 1.165) is 4.90 Å². The molecule has 2 heterocycles. The first-order valence-corrected chi connectivity index (χ1v) is 8.92. The minimum Gasteiger partial charge on any atom is -0.444 e. The van der Waals surface area contributed by atoms with E-state index in [-0.39, 0.29) is 24.0 Å². The van der Waals surface area contributed by atoms with Gasteiger partial charge in [0, 0.05) is 6.42 Å². The van der Waals surface area contributed by atoms with Crippen LogP contribution in [0.15, 0.2) is 18.2 Å². The highest BCUT2D eigenvalue weighted by atomic mass is 16.6. The fraction of sp³-hybridized carbons (Fsp3) is 0.421. The Morgan fingerprint density at radius 2 is 1.96 bits per heavy atom. The number of carbonyl (C=O) groups is 5. The van der Waals surface area contributed by atoms with Crippen LogP contribution in [0.25, 0.3) is 0 Å². The molecule has 1 aromatic carbocycles. The van der Waals surface area contributed by atoms with Gasteiger partial charge in [-0.3, -0.25) is 29.4 Å². The zero-order chi connectivity index (χ0) is 20.6. The molecule has 5 amide bonds. The van der Waals surface area contributed by atoms with E-state index >= 15 is 0 Å². The van der Waals surface area contributed by atoms with Gasteiger partial charge < -0.3 is 10.5 Å². The lowest BCUT2D eigenvalue weighted by Crippen LogP contribution is -2.54. The number of hydrogen-bond donors (Lipinski definition) is 2. The number of carbonyl (C=O) groups excluding carboxylic acids is 5. The topological polar surface area (TPSA) is 136 Å². The number of hydrogen-bond acceptors (Lipinski definition) is 6. The van der Waals surface area contributed by atoms with E-state index in [9.17, 15) is 24.0 Å². The SMILES string of the molecule is CC(C)(CCc1cccc2c1C(=O)N(C1CCC(=O)NC1=O)C2=O)OC(N)=O. The molecule has 1 unspecified atom stereocenters. The van der Waals surface area contributed by atoms with Crippen molar-refractivity contribution in [1.29, 1.82) is 0 Å². The third-order valence-electron chi connectivity index (χ3n) is 4.93. The molecule has 0 spiro atoms. The molecule has 0 radical (unpaired) electrons. The summed E-state index contributed by atoms with van der Waals surface area (Å²) in [6.45, 7) is 3.40. The molecule has 28 heavy (non-hydrogen) atoms. The van der Waals surface area contributed by atoms with Crippen molar-refractivity contribution in [3.63, 3.8) is 0 Å². The van der Waals surface area contributed by atoms with E-state index in [1.165, 1.54) is 6.07 Å². The number of benzene rings is 1. The molecule has 0 saturated carbocycles. The van der Waals surface area contributed by atoms with E-state index < -0.39 is 41.4 Å². The third-order valence-corrected chi connectivity index (χ3v) is 4.93. The van der Waals surface area contributed by atoms with Crippen LogP contribution in [0.5, 0.6) is 0 Å². The van der Waals surface area contributed by atoms with Crippen molar-refractivity contribution in [2.24, 2.45) is 5.73 Å². The second-order valence-corrected chi connectivity index (χ2v) is 7.47. The van der Waals surface area contributed by atoms with E-state index in [2.05, 4.69) is 5.32 Å². The van der Waals surface area contributed by atoms with Crippen LogP contribution in [-0.2, 0) is 20.7 Å². The second kappa shape index (κ2) is 7.06. The molecule has 3 N–H and O–H groups in total. The molecular weight excluding hydrogens is 366 g/mol. The summed E-state index contributed by atoms with van der Waals surface area (Å²) in [5, 5.41) is 2.17. The number of fused-ring (bicyclic) bond motifs is 1. The number of primary amides is 1. The van der Waals surface area contributed by atoms with Crippen LogP contribution in [0.1, 0.15) is 59.4 Å². The fourth-order valence-corrected chi connectivity index (χ4v) is 3.55. The van der Waals surface area contributed by atoms with Crippen LogP contribution >= 0.6 is 0 Å². The van der Waals surface area contributed by atoms with Gasteiger partial charge in [-0.2, -0.15) is 0 Å². The Kier molecular flexibility index (Phi) is 4.93. The van der Waals surface area contributed by atoms with Gasteiger partial charge in [0.25, 0.3) is 11.8 Å². The monoisotopic (exact) mass is 387 g/mol. The number of imide groups is 2. The number of piperidine rings is 1. The van der Waals surface area contributed by atoms with Crippen LogP contribution in [0.3, 0.4) is 0 Å². The predicted molar refractivity (Wildman–Crippen MR) is 96.2 cm³/mol. The Hall–Kier alpha value is -3.23. The number of nitrogens with zero attached hydrogens (tertiary/aromatic N) is 1. The zero-order valence-corrected chi connectivity index (χ0v) is 15.6. The summed E-state index contributed by atoms with van der Waals surface area (Å²) in [7, 11) is 0. The molecule has 0 aromatic heterocycles. The van der Waals surface area contributed by atoms with Gasteiger partial charge in [0.05, 0.1) is 11.1 Å². The Balaban J connectivity index is 1.85. The number of rotatable bonds is 5. The largest absolute Gasteiger partial charge is 0.444 e. The predicted octanol–water partition coefficient (Wildman–Crippen LogP) is 0.894. The molecule has 9 heteroatoms. The van der Waals surface area contributed by atoms with E-state index in [4.69, 9.17) is 10.5 Å². The molecule has 3 rings (SSSR count). The first-order valence-electron chi connectivity index (χ1n) is 8.92. The standard InChI is InChI=1S/C19H21N3O6/c1-19(2,28-18(20)27)9-8-10-4-3-5-11-14(10)17(26)22(16(11)25)12-6-7-13(23)21-15(12)24/h3-5,12H,6-9H2,1-2H3,(H2,20,27)(H,21,23,24). The van der Waals surface area contributed by atoms with Crippen molar-refractivity contribution in [3.8, 4) is 0 Å². The van der Waals surface area contributed by atoms with Crippen LogP contribution in [-0.4, -0.2) is 46.3 Å². The molecule has 1 saturated heterocycles. The Morgan fingerprint density at radius 3 is 2.61 bits per heavy atom. The van der Waals surface area contributed by atoms with Crippen LogP contribution < -0.4 is 11.1 Å². The quantitative estimate of drug-likeness (QED) is 0.720. The maximum atomic E-state index is 13.0. The zero-order valence-electron chi connectivity index (χ0n) is 15.6. The van der Waals surface area contributed by atoms with Gasteiger partial charge in [0.1, 0.15) is 11.6 Å². The van der Waals surface area contributed by atoms with Gasteiger partial charge in [0.15, 0.2) is 0 Å². The summed E-state index contributed by atoms with van der Waals surface area (Å²) in [5.74, 6) is -2.18. The Bertz CT molecular complexity index is 892. The van der Waals surface area contributed by atoms with Gasteiger partial charge in [-0.15, -0.1) is 0 Å². The second-order valence-electron chi connectivity index (χ2n) is 7.47. The fourth-order valence-electron chi connectivity index (χ4n) is 3.55. The molecule has 9 nitrogen and oxygen atoms in total. The number of amides is 5. The minimum absolute atomic E-state index is 0.0648. The molecular formula is C19H21N3O6. The average molecular weight is 387 g/mol. The minimum atomic E-state index is -1.01. The summed E-state index contributed by atoms with van der Waals surface area (Å²) in [6.07, 6.45) is 0.0247. The average Bonchev–Trinajstić information content (AvgIpc) is 2.84. The first-order chi connectivity index (χ1) is 13.1. The Morgan fingerprint density at radius 1 is 1.25 bits per heavy atom. The van der Waals surface area contributed by atoms with Crippen LogP contribution in [0.2, 0.25) is 0 Å². The maximum absolute atomic E-state index is 13.0. The van der Waals surface area contributed by atoms with Crippen LogP contribution in [0.4, 0.5) is 4.79 Å². The highest BCUT2D eigenvalue weighted by Gasteiger charge is 2.45. The van der Waals surface area contributed by atoms with Crippen molar-refractivity contribution in [3.05, 3.63) is 34.9 Å². The van der Waals surface area contributed by atoms with Crippen LogP contribution in [0, 0.1) is 0 Å². The van der Waals surface area contributed by atoms with E-state index in [0.29, 0.717) is 18.4 Å². The van der Waals surface area contributed by atoms with Crippen molar-refractivity contribution >= 4 is 29.7 Å². The van der Waals surface area contributed by atoms with Gasteiger partial charge in [-0.1, -0.05) is 12.1 Å². The molecule has 1 fully saturated rings. The highest BCUT2D eigenvalue weighted by molar-refractivity contribution is 6.24. The lowest BCUT2D eigenvalue weighted by Gasteiger charge is -2.28. The number of aryl methyl sites for hydroxylation is 1. The van der Waals surface area contributed by atoms with Gasteiger partial charge in [0.2, 0.25) is 11.8 Å². The summed E-state index contributed by atoms with van der Waals surface area (Å²) < 4.78 is 5.06. The van der Waals surface area contributed by atoms with Crippen molar-refractivity contribution in [1.82, 2.24) is 10.2 Å².